The summed E-state index contributed by atoms with van der Waals surface area (Å²) in [5, 5.41) is 0. The number of hydrogen-bond donors (Lipinski definition) is 0. The van der Waals surface area contributed by atoms with Gasteiger partial charge in [-0.2, -0.15) is 13.2 Å². The Labute approximate surface area is 95.1 Å². The van der Waals surface area contributed by atoms with E-state index in [1.54, 1.807) is 12.1 Å². The molecular weight excluding hydrogens is 245 g/mol. The Hall–Kier alpha value is -0.610. The van der Waals surface area contributed by atoms with Gasteiger partial charge in [0, 0.05) is 10.8 Å². The second-order valence-electron chi connectivity index (χ2n) is 2.81. The summed E-state index contributed by atoms with van der Waals surface area (Å²) < 4.78 is 36.0. The van der Waals surface area contributed by atoms with Crippen molar-refractivity contribution in [3.8, 4) is 0 Å². The first-order valence-electron chi connectivity index (χ1n) is 4.02. The van der Waals surface area contributed by atoms with E-state index >= 15 is 0 Å². The van der Waals surface area contributed by atoms with Gasteiger partial charge in [-0.1, -0.05) is 18.7 Å². The smallest absolute Gasteiger partial charge is 0.160 e. The lowest BCUT2D eigenvalue weighted by molar-refractivity contribution is -0.0328. The average molecular weight is 253 g/mol. The molecule has 0 spiro atoms. The second kappa shape index (κ2) is 4.94. The number of hydrogen-bond acceptors (Lipinski definition) is 1. The van der Waals surface area contributed by atoms with E-state index in [9.17, 15) is 13.2 Å². The molecule has 0 N–H and O–H groups in total. The van der Waals surface area contributed by atoms with Crippen LogP contribution in [-0.4, -0.2) is 11.4 Å². The molecule has 0 aromatic heterocycles. The molecule has 0 aliphatic heterocycles. The van der Waals surface area contributed by atoms with Crippen LogP contribution in [-0.2, 0) is 0 Å². The number of rotatable bonds is 3. The van der Waals surface area contributed by atoms with Crippen molar-refractivity contribution >= 4 is 28.9 Å². The summed E-state index contributed by atoms with van der Waals surface area (Å²) >= 11 is 5.41. The fourth-order valence-corrected chi connectivity index (χ4v) is 1.66. The summed E-state index contributed by atoms with van der Waals surface area (Å²) in [6.45, 7) is 3.69. The fourth-order valence-electron chi connectivity index (χ4n) is 0.969. The minimum absolute atomic E-state index is 0.134. The van der Waals surface area contributed by atoms with Crippen LogP contribution in [0.1, 0.15) is 5.56 Å². The quantitative estimate of drug-likeness (QED) is 0.562. The number of thioether (sulfide) groups is 1. The molecule has 0 nitrogen and oxygen atoms in total. The highest BCUT2D eigenvalue weighted by atomic mass is 35.5. The highest BCUT2D eigenvalue weighted by molar-refractivity contribution is 8.00. The molecule has 0 aliphatic carbocycles. The molecule has 0 saturated carbocycles. The van der Waals surface area contributed by atoms with E-state index in [1.165, 1.54) is 12.1 Å². The Morgan fingerprint density at radius 1 is 1.27 bits per heavy atom. The van der Waals surface area contributed by atoms with E-state index < -0.39 is 5.51 Å². The van der Waals surface area contributed by atoms with Crippen molar-refractivity contribution in [2.24, 2.45) is 0 Å². The number of halogens is 4. The molecule has 0 heterocycles. The van der Waals surface area contributed by atoms with Crippen molar-refractivity contribution in [1.82, 2.24) is 0 Å². The zero-order valence-corrected chi connectivity index (χ0v) is 9.22. The Morgan fingerprint density at radius 3 is 2.20 bits per heavy atom. The standard InChI is InChI=1S/C10H8ClF3S/c1-7(6-11)8-2-4-9(5-3-8)15-10(12,13)14/h2-5H,1,6H2. The highest BCUT2D eigenvalue weighted by Crippen LogP contribution is 2.36. The Balaban J connectivity index is 2.77. The molecule has 1 aromatic rings. The van der Waals surface area contributed by atoms with Crippen LogP contribution in [0.5, 0.6) is 0 Å². The average Bonchev–Trinajstić information content (AvgIpc) is 2.15. The largest absolute Gasteiger partial charge is 0.446 e. The third-order valence-corrected chi connectivity index (χ3v) is 2.72. The van der Waals surface area contributed by atoms with Gasteiger partial charge in [-0.05, 0) is 35.0 Å². The topological polar surface area (TPSA) is 0 Å². The SMILES string of the molecule is C=C(CCl)c1ccc(SC(F)(F)F)cc1. The lowest BCUT2D eigenvalue weighted by Crippen LogP contribution is -1.98. The van der Waals surface area contributed by atoms with E-state index in [0.717, 1.165) is 5.56 Å². The van der Waals surface area contributed by atoms with Crippen LogP contribution in [0.2, 0.25) is 0 Å². The Bertz CT molecular complexity index is 343. The minimum Gasteiger partial charge on any atom is -0.160 e. The molecule has 0 unspecified atom stereocenters. The molecule has 0 bridgehead atoms. The molecule has 0 saturated heterocycles. The number of alkyl halides is 4. The van der Waals surface area contributed by atoms with Gasteiger partial charge < -0.3 is 0 Å². The van der Waals surface area contributed by atoms with Gasteiger partial charge in [-0.25, -0.2) is 0 Å². The monoisotopic (exact) mass is 252 g/mol. The Kier molecular flexibility index (Phi) is 4.11. The van der Waals surface area contributed by atoms with Gasteiger partial charge in [0.15, 0.2) is 0 Å². The van der Waals surface area contributed by atoms with Gasteiger partial charge in [0.25, 0.3) is 0 Å². The molecule has 15 heavy (non-hydrogen) atoms. The maximum absolute atomic E-state index is 12.0. The predicted molar refractivity (Wildman–Crippen MR) is 58.1 cm³/mol. The predicted octanol–water partition coefficient (Wildman–Crippen LogP) is 4.55. The minimum atomic E-state index is -4.25. The number of allylic oxidation sites excluding steroid dienone is 1. The van der Waals surface area contributed by atoms with E-state index in [0.29, 0.717) is 5.57 Å². The molecule has 0 fully saturated rings. The van der Waals surface area contributed by atoms with Crippen LogP contribution >= 0.6 is 23.4 Å². The lowest BCUT2D eigenvalue weighted by Gasteiger charge is -2.06. The van der Waals surface area contributed by atoms with E-state index in [4.69, 9.17) is 11.6 Å². The van der Waals surface area contributed by atoms with Crippen LogP contribution in [0, 0.1) is 0 Å². The maximum Gasteiger partial charge on any atom is 0.446 e. The zero-order chi connectivity index (χ0) is 11.5. The lowest BCUT2D eigenvalue weighted by atomic mass is 10.1. The third kappa shape index (κ3) is 4.18. The van der Waals surface area contributed by atoms with Gasteiger partial charge in [0.1, 0.15) is 0 Å². The Morgan fingerprint density at radius 2 is 1.80 bits per heavy atom. The van der Waals surface area contributed by atoms with Crippen LogP contribution in [0.3, 0.4) is 0 Å². The molecule has 0 atom stereocenters. The van der Waals surface area contributed by atoms with Gasteiger partial charge in [-0.15, -0.1) is 11.6 Å². The van der Waals surface area contributed by atoms with Gasteiger partial charge in [0.2, 0.25) is 0 Å². The summed E-state index contributed by atoms with van der Waals surface area (Å²) in [6, 6.07) is 5.98. The van der Waals surface area contributed by atoms with Crippen molar-refractivity contribution in [3.63, 3.8) is 0 Å². The first-order valence-corrected chi connectivity index (χ1v) is 5.37. The van der Waals surface area contributed by atoms with Gasteiger partial charge >= 0.3 is 5.51 Å². The molecule has 0 amide bonds. The van der Waals surface area contributed by atoms with E-state index in [1.807, 2.05) is 0 Å². The molecule has 0 radical (unpaired) electrons. The van der Waals surface area contributed by atoms with Crippen LogP contribution in [0.15, 0.2) is 35.7 Å². The van der Waals surface area contributed by atoms with Crippen molar-refractivity contribution in [2.45, 2.75) is 10.4 Å². The van der Waals surface area contributed by atoms with E-state index in [2.05, 4.69) is 6.58 Å². The van der Waals surface area contributed by atoms with Crippen molar-refractivity contribution in [3.05, 3.63) is 36.4 Å². The zero-order valence-electron chi connectivity index (χ0n) is 7.64. The third-order valence-electron chi connectivity index (χ3n) is 1.66. The maximum atomic E-state index is 12.0. The summed E-state index contributed by atoms with van der Waals surface area (Å²) in [7, 11) is 0. The van der Waals surface area contributed by atoms with E-state index in [-0.39, 0.29) is 22.5 Å². The molecule has 1 rings (SSSR count). The van der Waals surface area contributed by atoms with Crippen LogP contribution in [0.4, 0.5) is 13.2 Å². The van der Waals surface area contributed by atoms with Gasteiger partial charge in [-0.3, -0.25) is 0 Å². The first-order chi connectivity index (χ1) is 6.92. The van der Waals surface area contributed by atoms with Crippen molar-refractivity contribution < 1.29 is 13.2 Å². The normalized spacial score (nSPS) is 11.5. The molecule has 1 aromatic carbocycles. The fraction of sp³-hybridized carbons (Fsp3) is 0.200. The summed E-state index contributed by atoms with van der Waals surface area (Å²) in [5.74, 6) is 0.270. The van der Waals surface area contributed by atoms with Crippen molar-refractivity contribution in [2.75, 3.05) is 5.88 Å². The first kappa shape index (κ1) is 12.5. The summed E-state index contributed by atoms with van der Waals surface area (Å²) in [4.78, 5) is 0.161. The van der Waals surface area contributed by atoms with Gasteiger partial charge in [0.05, 0.1) is 0 Å². The number of benzene rings is 1. The summed E-state index contributed by atoms with van der Waals surface area (Å²) in [5.41, 5.74) is -2.79. The summed E-state index contributed by atoms with van der Waals surface area (Å²) in [6.07, 6.45) is 0. The van der Waals surface area contributed by atoms with Crippen molar-refractivity contribution in [1.29, 1.82) is 0 Å². The molecule has 82 valence electrons. The second-order valence-corrected chi connectivity index (χ2v) is 4.22. The molecular formula is C10H8ClF3S. The highest BCUT2D eigenvalue weighted by Gasteiger charge is 2.28. The van der Waals surface area contributed by atoms with Crippen LogP contribution < -0.4 is 0 Å². The molecule has 0 aliphatic rings. The van der Waals surface area contributed by atoms with Crippen LogP contribution in [0.25, 0.3) is 5.57 Å². The molecule has 5 heteroatoms.